The van der Waals surface area contributed by atoms with Gasteiger partial charge in [0, 0.05) is 19.2 Å². The lowest BCUT2D eigenvalue weighted by Gasteiger charge is -2.34. The minimum Gasteiger partial charge on any atom is -0.505 e. The maximum atomic E-state index is 14.2. The number of phenolic OH excluding ortho intramolecular Hbond substituents is 1. The van der Waals surface area contributed by atoms with Crippen LogP contribution in [-0.2, 0) is 6.54 Å². The molecule has 0 radical (unpaired) electrons. The molecule has 0 aromatic heterocycles. The van der Waals surface area contributed by atoms with E-state index in [1.165, 1.54) is 24.3 Å². The molecule has 1 saturated carbocycles. The van der Waals surface area contributed by atoms with Crippen LogP contribution in [-0.4, -0.2) is 34.9 Å². The van der Waals surface area contributed by atoms with Gasteiger partial charge < -0.3 is 19.5 Å². The van der Waals surface area contributed by atoms with Gasteiger partial charge in [-0.15, -0.1) is 13.2 Å². The molecule has 0 saturated heterocycles. The highest BCUT2D eigenvalue weighted by Crippen LogP contribution is 2.36. The average molecular weight is 467 g/mol. The van der Waals surface area contributed by atoms with E-state index in [1.807, 2.05) is 6.92 Å². The number of nitrogens with zero attached hydrogens (tertiary/aromatic N) is 1. The lowest BCUT2D eigenvalue weighted by atomic mass is 9.79. The van der Waals surface area contributed by atoms with Crippen molar-refractivity contribution in [1.29, 1.82) is 0 Å². The zero-order chi connectivity index (χ0) is 23.8. The highest BCUT2D eigenvalue weighted by molar-refractivity contribution is 5.99. The highest BCUT2D eigenvalue weighted by Gasteiger charge is 2.35. The maximum absolute atomic E-state index is 14.2. The lowest BCUT2D eigenvalue weighted by molar-refractivity contribution is -0.274. The number of alkyl halides is 3. The Balaban J connectivity index is 1.28. The van der Waals surface area contributed by atoms with Crippen LogP contribution in [0.15, 0.2) is 36.4 Å². The predicted molar refractivity (Wildman–Crippen MR) is 111 cm³/mol. The summed E-state index contributed by atoms with van der Waals surface area (Å²) in [5, 5.41) is 9.55. The summed E-state index contributed by atoms with van der Waals surface area (Å²) in [5.41, 5.74) is 0.546. The van der Waals surface area contributed by atoms with Gasteiger partial charge in [-0.25, -0.2) is 4.39 Å². The molecule has 2 aliphatic rings. The Kier molecular flexibility index (Phi) is 6.41. The number of hydrogen-bond donors (Lipinski definition) is 1. The number of ether oxygens (including phenoxy) is 2. The molecule has 1 amide bonds. The van der Waals surface area contributed by atoms with Gasteiger partial charge >= 0.3 is 6.36 Å². The van der Waals surface area contributed by atoms with Crippen molar-refractivity contribution in [3.8, 4) is 17.2 Å². The van der Waals surface area contributed by atoms with Crippen molar-refractivity contribution in [3.63, 3.8) is 0 Å². The van der Waals surface area contributed by atoms with E-state index in [-0.39, 0.29) is 29.3 Å². The van der Waals surface area contributed by atoms with Crippen molar-refractivity contribution < 1.29 is 36.9 Å². The molecular weight excluding hydrogens is 442 g/mol. The highest BCUT2D eigenvalue weighted by atomic mass is 19.4. The number of carbonyl (C=O) groups is 1. The largest absolute Gasteiger partial charge is 0.573 e. The molecule has 4 rings (SSSR count). The molecule has 33 heavy (non-hydrogen) atoms. The van der Waals surface area contributed by atoms with Gasteiger partial charge in [0.25, 0.3) is 5.91 Å². The summed E-state index contributed by atoms with van der Waals surface area (Å²) < 4.78 is 61.3. The standard InChI is InChI=1S/C24H25F4NO4/c1-14(32-18-3-2-4-19(11-18)33-24(26,27)28)16-7-5-15(6-8-16)12-29-13-17-9-10-20(30)22(25)21(17)23(29)31/h2-4,9-11,14-16,30H,5-8,12-13H2,1H3. The summed E-state index contributed by atoms with van der Waals surface area (Å²) in [6, 6.07) is 8.34. The van der Waals surface area contributed by atoms with Gasteiger partial charge in [0.1, 0.15) is 11.5 Å². The SMILES string of the molecule is CC(Oc1cccc(OC(F)(F)F)c1)C1CCC(CN2Cc3ccc(O)c(F)c3C2=O)CC1. The Bertz CT molecular complexity index is 1020. The summed E-state index contributed by atoms with van der Waals surface area (Å²) in [6.45, 7) is 2.76. The van der Waals surface area contributed by atoms with Crippen LogP contribution in [0.25, 0.3) is 0 Å². The van der Waals surface area contributed by atoms with E-state index >= 15 is 0 Å². The fourth-order valence-corrected chi connectivity index (χ4v) is 4.76. The summed E-state index contributed by atoms with van der Waals surface area (Å²) in [5.74, 6) is -1.28. The number of fused-ring (bicyclic) bond motifs is 1. The smallest absolute Gasteiger partial charge is 0.505 e. The third-order valence-electron chi connectivity index (χ3n) is 6.47. The molecule has 1 aliphatic heterocycles. The normalized spacial score (nSPS) is 21.6. The molecule has 1 atom stereocenters. The van der Waals surface area contributed by atoms with Crippen LogP contribution in [0.2, 0.25) is 0 Å². The number of benzene rings is 2. The first kappa shape index (κ1) is 23.2. The maximum Gasteiger partial charge on any atom is 0.573 e. The summed E-state index contributed by atoms with van der Waals surface area (Å²) >= 11 is 0. The molecule has 0 bridgehead atoms. The second-order valence-electron chi connectivity index (χ2n) is 8.74. The van der Waals surface area contributed by atoms with E-state index in [1.54, 1.807) is 17.0 Å². The van der Waals surface area contributed by atoms with E-state index in [0.29, 0.717) is 24.4 Å². The molecule has 2 aromatic rings. The van der Waals surface area contributed by atoms with Crippen LogP contribution < -0.4 is 9.47 Å². The Morgan fingerprint density at radius 3 is 2.52 bits per heavy atom. The molecule has 1 unspecified atom stereocenters. The number of hydrogen-bond acceptors (Lipinski definition) is 4. The Labute approximate surface area is 188 Å². The molecule has 5 nitrogen and oxygen atoms in total. The van der Waals surface area contributed by atoms with Gasteiger partial charge in [-0.05, 0) is 68.2 Å². The van der Waals surface area contributed by atoms with E-state index in [2.05, 4.69) is 4.74 Å². The molecule has 1 heterocycles. The van der Waals surface area contributed by atoms with Crippen LogP contribution in [0.4, 0.5) is 17.6 Å². The number of amides is 1. The second-order valence-corrected chi connectivity index (χ2v) is 8.74. The monoisotopic (exact) mass is 467 g/mol. The van der Waals surface area contributed by atoms with Gasteiger partial charge in [-0.3, -0.25) is 4.79 Å². The fourth-order valence-electron chi connectivity index (χ4n) is 4.76. The second kappa shape index (κ2) is 9.11. The third-order valence-corrected chi connectivity index (χ3v) is 6.47. The van der Waals surface area contributed by atoms with E-state index < -0.39 is 23.8 Å². The van der Waals surface area contributed by atoms with Crippen LogP contribution in [0.3, 0.4) is 0 Å². The molecular formula is C24H25F4NO4. The van der Waals surface area contributed by atoms with Gasteiger partial charge in [0.05, 0.1) is 11.7 Å². The van der Waals surface area contributed by atoms with Crippen molar-refractivity contribution in [1.82, 2.24) is 4.90 Å². The van der Waals surface area contributed by atoms with Crippen molar-refractivity contribution in [2.75, 3.05) is 6.54 Å². The molecule has 2 aromatic carbocycles. The van der Waals surface area contributed by atoms with Crippen molar-refractivity contribution in [2.45, 2.75) is 51.6 Å². The zero-order valence-electron chi connectivity index (χ0n) is 18.1. The van der Waals surface area contributed by atoms with Gasteiger partial charge in [-0.2, -0.15) is 0 Å². The van der Waals surface area contributed by atoms with Gasteiger partial charge in [0.15, 0.2) is 11.6 Å². The molecule has 178 valence electrons. The Hall–Kier alpha value is -2.97. The Morgan fingerprint density at radius 1 is 1.12 bits per heavy atom. The van der Waals surface area contributed by atoms with Crippen LogP contribution >= 0.6 is 0 Å². The number of rotatable bonds is 6. The average Bonchev–Trinajstić information content (AvgIpc) is 3.06. The van der Waals surface area contributed by atoms with Gasteiger partial charge in [0.2, 0.25) is 0 Å². The van der Waals surface area contributed by atoms with Crippen molar-refractivity contribution >= 4 is 5.91 Å². The minimum absolute atomic E-state index is 0.0394. The topological polar surface area (TPSA) is 59.0 Å². The van der Waals surface area contributed by atoms with Crippen molar-refractivity contribution in [3.05, 3.63) is 53.3 Å². The number of halogens is 4. The van der Waals surface area contributed by atoms with Gasteiger partial charge in [-0.1, -0.05) is 12.1 Å². The van der Waals surface area contributed by atoms with E-state index in [0.717, 1.165) is 25.7 Å². The van der Waals surface area contributed by atoms with Crippen molar-refractivity contribution in [2.24, 2.45) is 11.8 Å². The molecule has 0 spiro atoms. The number of phenols is 1. The van der Waals surface area contributed by atoms with Crippen LogP contribution in [0, 0.1) is 17.7 Å². The third kappa shape index (κ3) is 5.34. The van der Waals surface area contributed by atoms with Crippen LogP contribution in [0.5, 0.6) is 17.2 Å². The fraction of sp³-hybridized carbons (Fsp3) is 0.458. The molecule has 1 aliphatic carbocycles. The van der Waals surface area contributed by atoms with E-state index in [4.69, 9.17) is 4.74 Å². The molecule has 9 heteroatoms. The van der Waals surface area contributed by atoms with Crippen LogP contribution in [0.1, 0.15) is 48.5 Å². The zero-order valence-corrected chi connectivity index (χ0v) is 18.1. The van der Waals surface area contributed by atoms with E-state index in [9.17, 15) is 27.5 Å². The number of carbonyl (C=O) groups excluding carboxylic acids is 1. The summed E-state index contributed by atoms with van der Waals surface area (Å²) in [6.07, 6.45) is -1.51. The quantitative estimate of drug-likeness (QED) is 0.557. The predicted octanol–water partition coefficient (Wildman–Crippen LogP) is 5.66. The Morgan fingerprint density at radius 2 is 1.82 bits per heavy atom. The summed E-state index contributed by atoms with van der Waals surface area (Å²) in [4.78, 5) is 14.2. The molecule has 1 N–H and O–H groups in total. The first-order valence-electron chi connectivity index (χ1n) is 10.9. The first-order valence-corrected chi connectivity index (χ1v) is 10.9. The summed E-state index contributed by atoms with van der Waals surface area (Å²) in [7, 11) is 0. The lowest BCUT2D eigenvalue weighted by Crippen LogP contribution is -2.34. The minimum atomic E-state index is -4.76. The molecule has 1 fully saturated rings. The number of aromatic hydroxyl groups is 1. The first-order chi connectivity index (χ1) is 15.6.